The standard InChI is InChI=1S/C13H17NO5/c1-8(15)19-11-5-4-9(6-12(11)17-2)10(14)7-13(16)18-3/h4-6,10H,7,14H2,1-3H3/t10-/m0/s1. The molecule has 0 aliphatic heterocycles. The summed E-state index contributed by atoms with van der Waals surface area (Å²) in [6.45, 7) is 1.30. The van der Waals surface area contributed by atoms with Gasteiger partial charge in [-0.05, 0) is 17.7 Å². The van der Waals surface area contributed by atoms with Crippen molar-refractivity contribution in [1.82, 2.24) is 0 Å². The molecule has 0 radical (unpaired) electrons. The zero-order chi connectivity index (χ0) is 14.4. The molecule has 1 rings (SSSR count). The number of benzene rings is 1. The van der Waals surface area contributed by atoms with E-state index in [4.69, 9.17) is 15.2 Å². The van der Waals surface area contributed by atoms with Crippen molar-refractivity contribution in [2.45, 2.75) is 19.4 Å². The molecule has 0 aliphatic rings. The van der Waals surface area contributed by atoms with Gasteiger partial charge >= 0.3 is 11.9 Å². The maximum Gasteiger partial charge on any atom is 0.308 e. The highest BCUT2D eigenvalue weighted by molar-refractivity contribution is 5.71. The molecule has 0 spiro atoms. The van der Waals surface area contributed by atoms with Crippen molar-refractivity contribution >= 4 is 11.9 Å². The van der Waals surface area contributed by atoms with E-state index in [1.54, 1.807) is 18.2 Å². The van der Waals surface area contributed by atoms with Gasteiger partial charge in [0.2, 0.25) is 0 Å². The van der Waals surface area contributed by atoms with Crippen molar-refractivity contribution in [2.24, 2.45) is 5.73 Å². The summed E-state index contributed by atoms with van der Waals surface area (Å²) >= 11 is 0. The molecule has 0 saturated carbocycles. The predicted octanol–water partition coefficient (Wildman–Crippen LogP) is 1.18. The molecule has 19 heavy (non-hydrogen) atoms. The molecule has 0 amide bonds. The molecule has 1 atom stereocenters. The van der Waals surface area contributed by atoms with E-state index < -0.39 is 18.0 Å². The lowest BCUT2D eigenvalue weighted by Crippen LogP contribution is -2.16. The third kappa shape index (κ3) is 4.26. The quantitative estimate of drug-likeness (QED) is 0.636. The summed E-state index contributed by atoms with van der Waals surface area (Å²) in [6.07, 6.45) is 0.0621. The van der Waals surface area contributed by atoms with Gasteiger partial charge in [0.25, 0.3) is 0 Å². The molecule has 1 aromatic carbocycles. The van der Waals surface area contributed by atoms with E-state index in [1.165, 1.54) is 21.1 Å². The Morgan fingerprint density at radius 2 is 1.95 bits per heavy atom. The van der Waals surface area contributed by atoms with Crippen LogP contribution in [0.15, 0.2) is 18.2 Å². The summed E-state index contributed by atoms with van der Waals surface area (Å²) < 4.78 is 14.7. The molecule has 0 aliphatic carbocycles. The minimum absolute atomic E-state index is 0.0621. The first-order chi connectivity index (χ1) is 8.97. The van der Waals surface area contributed by atoms with Crippen LogP contribution in [0.1, 0.15) is 24.9 Å². The summed E-state index contributed by atoms with van der Waals surface area (Å²) in [5, 5.41) is 0. The Morgan fingerprint density at radius 3 is 2.47 bits per heavy atom. The van der Waals surface area contributed by atoms with Gasteiger partial charge in [0, 0.05) is 13.0 Å². The number of esters is 2. The molecule has 0 saturated heterocycles. The third-order valence-electron chi connectivity index (χ3n) is 2.48. The molecular weight excluding hydrogens is 250 g/mol. The second kappa shape index (κ2) is 6.75. The highest BCUT2D eigenvalue weighted by Gasteiger charge is 2.15. The number of carbonyl (C=O) groups is 2. The number of carbonyl (C=O) groups excluding carboxylic acids is 2. The van der Waals surface area contributed by atoms with Crippen LogP contribution in [0.4, 0.5) is 0 Å². The molecule has 6 nitrogen and oxygen atoms in total. The van der Waals surface area contributed by atoms with E-state index in [0.717, 1.165) is 0 Å². The number of nitrogens with two attached hydrogens (primary N) is 1. The average Bonchev–Trinajstić information content (AvgIpc) is 2.38. The molecule has 0 fully saturated rings. The number of ether oxygens (including phenoxy) is 3. The molecule has 2 N–H and O–H groups in total. The van der Waals surface area contributed by atoms with Crippen molar-refractivity contribution in [1.29, 1.82) is 0 Å². The van der Waals surface area contributed by atoms with Crippen LogP contribution in [0, 0.1) is 0 Å². The van der Waals surface area contributed by atoms with Crippen LogP contribution in [0.3, 0.4) is 0 Å². The Morgan fingerprint density at radius 1 is 1.26 bits per heavy atom. The number of hydrogen-bond donors (Lipinski definition) is 1. The third-order valence-corrected chi connectivity index (χ3v) is 2.48. The summed E-state index contributed by atoms with van der Waals surface area (Å²) in [5.74, 6) is -0.141. The Labute approximate surface area is 111 Å². The first-order valence-electron chi connectivity index (χ1n) is 5.66. The van der Waals surface area contributed by atoms with Crippen molar-refractivity contribution in [2.75, 3.05) is 14.2 Å². The highest BCUT2D eigenvalue weighted by atomic mass is 16.6. The van der Waals surface area contributed by atoms with E-state index in [2.05, 4.69) is 4.74 Å². The molecule has 0 bridgehead atoms. The van der Waals surface area contributed by atoms with Crippen LogP contribution in [0.25, 0.3) is 0 Å². The van der Waals surface area contributed by atoms with E-state index in [0.29, 0.717) is 17.1 Å². The zero-order valence-corrected chi connectivity index (χ0v) is 11.1. The van der Waals surface area contributed by atoms with E-state index in [1.807, 2.05) is 0 Å². The van der Waals surface area contributed by atoms with Crippen LogP contribution < -0.4 is 15.2 Å². The Kier molecular flexibility index (Phi) is 5.32. The van der Waals surface area contributed by atoms with Crippen molar-refractivity contribution in [3.05, 3.63) is 23.8 Å². The normalized spacial score (nSPS) is 11.6. The molecule has 104 valence electrons. The first kappa shape index (κ1) is 15.0. The topological polar surface area (TPSA) is 87.9 Å². The lowest BCUT2D eigenvalue weighted by Gasteiger charge is -2.14. The van der Waals surface area contributed by atoms with Gasteiger partial charge in [-0.15, -0.1) is 0 Å². The number of rotatable bonds is 5. The summed E-state index contributed by atoms with van der Waals surface area (Å²) in [5.41, 5.74) is 6.57. The van der Waals surface area contributed by atoms with Crippen LogP contribution in [-0.2, 0) is 14.3 Å². The molecular formula is C13H17NO5. The number of methoxy groups -OCH3 is 2. The number of hydrogen-bond acceptors (Lipinski definition) is 6. The summed E-state index contributed by atoms with van der Waals surface area (Å²) in [7, 11) is 2.76. The minimum Gasteiger partial charge on any atom is -0.493 e. The van der Waals surface area contributed by atoms with Crippen LogP contribution in [0.5, 0.6) is 11.5 Å². The molecule has 6 heteroatoms. The molecule has 0 aromatic heterocycles. The Hall–Kier alpha value is -2.08. The monoisotopic (exact) mass is 267 g/mol. The predicted molar refractivity (Wildman–Crippen MR) is 67.9 cm³/mol. The van der Waals surface area contributed by atoms with Gasteiger partial charge in [-0.3, -0.25) is 9.59 Å². The van der Waals surface area contributed by atoms with E-state index >= 15 is 0 Å². The van der Waals surface area contributed by atoms with Gasteiger partial charge in [0.15, 0.2) is 11.5 Å². The summed E-state index contributed by atoms with van der Waals surface area (Å²) in [6, 6.07) is 4.38. The van der Waals surface area contributed by atoms with Crippen LogP contribution in [-0.4, -0.2) is 26.2 Å². The smallest absolute Gasteiger partial charge is 0.308 e. The lowest BCUT2D eigenvalue weighted by molar-refractivity contribution is -0.141. The molecule has 0 unspecified atom stereocenters. The maximum absolute atomic E-state index is 11.2. The van der Waals surface area contributed by atoms with Crippen molar-refractivity contribution in [3.63, 3.8) is 0 Å². The molecule has 1 aromatic rings. The fourth-order valence-electron chi connectivity index (χ4n) is 1.53. The van der Waals surface area contributed by atoms with Crippen LogP contribution >= 0.6 is 0 Å². The van der Waals surface area contributed by atoms with Gasteiger partial charge in [-0.1, -0.05) is 6.07 Å². The minimum atomic E-state index is -0.507. The lowest BCUT2D eigenvalue weighted by atomic mass is 10.0. The Bertz CT molecular complexity index is 472. The maximum atomic E-state index is 11.2. The van der Waals surface area contributed by atoms with E-state index in [9.17, 15) is 9.59 Å². The Balaban J connectivity index is 2.92. The average molecular weight is 267 g/mol. The van der Waals surface area contributed by atoms with E-state index in [-0.39, 0.29) is 6.42 Å². The second-order valence-corrected chi connectivity index (χ2v) is 3.89. The zero-order valence-electron chi connectivity index (χ0n) is 11.1. The first-order valence-corrected chi connectivity index (χ1v) is 5.66. The highest BCUT2D eigenvalue weighted by Crippen LogP contribution is 2.30. The van der Waals surface area contributed by atoms with Gasteiger partial charge < -0.3 is 19.9 Å². The van der Waals surface area contributed by atoms with Gasteiger partial charge in [-0.25, -0.2) is 0 Å². The fraction of sp³-hybridized carbons (Fsp3) is 0.385. The van der Waals surface area contributed by atoms with Gasteiger partial charge in [-0.2, -0.15) is 0 Å². The van der Waals surface area contributed by atoms with Gasteiger partial charge in [0.1, 0.15) is 0 Å². The summed E-state index contributed by atoms with van der Waals surface area (Å²) in [4.78, 5) is 22.1. The fourth-order valence-corrected chi connectivity index (χ4v) is 1.53. The van der Waals surface area contributed by atoms with Gasteiger partial charge in [0.05, 0.1) is 20.6 Å². The molecule has 0 heterocycles. The van der Waals surface area contributed by atoms with Crippen LogP contribution in [0.2, 0.25) is 0 Å². The second-order valence-electron chi connectivity index (χ2n) is 3.89. The SMILES string of the molecule is COC(=O)C[C@H](N)c1ccc(OC(C)=O)c(OC)c1. The largest absolute Gasteiger partial charge is 0.493 e. The van der Waals surface area contributed by atoms with Crippen molar-refractivity contribution < 1.29 is 23.8 Å². The van der Waals surface area contributed by atoms with Crippen molar-refractivity contribution in [3.8, 4) is 11.5 Å².